The normalized spacial score (nSPS) is 19.8. The smallest absolute Gasteiger partial charge is 0.112 e. The predicted octanol–water partition coefficient (Wildman–Crippen LogP) is -1.81. The summed E-state index contributed by atoms with van der Waals surface area (Å²) in [6.45, 7) is 1.13. The highest BCUT2D eigenvalue weighted by atomic mass is 16.3. The zero-order valence-corrected chi connectivity index (χ0v) is 5.70. The van der Waals surface area contributed by atoms with E-state index in [1.54, 1.807) is 11.1 Å². The van der Waals surface area contributed by atoms with Crippen LogP contribution in [-0.2, 0) is 0 Å². The minimum atomic E-state index is 0.0578. The molecule has 0 aromatic heterocycles. The Balaban J connectivity index is 2.47. The van der Waals surface area contributed by atoms with Crippen molar-refractivity contribution in [2.45, 2.75) is 0 Å². The van der Waals surface area contributed by atoms with E-state index in [1.165, 1.54) is 5.12 Å². The van der Waals surface area contributed by atoms with Crippen molar-refractivity contribution in [1.29, 1.82) is 0 Å². The lowest BCUT2D eigenvalue weighted by atomic mass is 10.6. The number of rotatable bonds is 2. The van der Waals surface area contributed by atoms with E-state index in [1.807, 2.05) is 0 Å². The van der Waals surface area contributed by atoms with Crippen LogP contribution in [0.3, 0.4) is 0 Å². The Morgan fingerprint density at radius 3 is 2.80 bits per heavy atom. The van der Waals surface area contributed by atoms with Crippen molar-refractivity contribution < 1.29 is 5.11 Å². The van der Waals surface area contributed by atoms with Gasteiger partial charge in [0.25, 0.3) is 0 Å². The van der Waals surface area contributed by atoms with Gasteiger partial charge >= 0.3 is 0 Å². The monoisotopic (exact) mass is 144 g/mol. The number of nitrogens with two attached hydrogens (primary N) is 2. The molecule has 1 heterocycles. The molecule has 58 valence electrons. The first-order valence-corrected chi connectivity index (χ1v) is 3.12. The molecule has 0 atom stereocenters. The molecule has 5 nitrogen and oxygen atoms in total. The number of aliphatic hydroxyl groups excluding tert-OH is 1. The topological polar surface area (TPSA) is 78.8 Å². The number of β-amino-alcohol motifs (C(OH)–C–C–N with tert-alkyl or cyclic N) is 1. The van der Waals surface area contributed by atoms with Crippen molar-refractivity contribution in [3.63, 3.8) is 0 Å². The lowest BCUT2D eigenvalue weighted by Gasteiger charge is -2.25. The SMILES string of the molecule is NC1=CCN(N)N1CCO. The third-order valence-corrected chi connectivity index (χ3v) is 1.41. The van der Waals surface area contributed by atoms with E-state index in [4.69, 9.17) is 16.7 Å². The molecule has 0 aromatic carbocycles. The number of hydrogen-bond donors (Lipinski definition) is 3. The van der Waals surface area contributed by atoms with Crippen LogP contribution in [0.5, 0.6) is 0 Å². The van der Waals surface area contributed by atoms with Crippen LogP contribution in [-0.4, -0.2) is 34.9 Å². The second kappa shape index (κ2) is 2.87. The number of nitrogens with zero attached hydrogens (tertiary/aromatic N) is 2. The lowest BCUT2D eigenvalue weighted by molar-refractivity contribution is 0.0232. The molecule has 0 saturated heterocycles. The van der Waals surface area contributed by atoms with E-state index in [0.29, 0.717) is 18.9 Å². The zero-order valence-electron chi connectivity index (χ0n) is 5.70. The molecule has 1 aliphatic heterocycles. The molecule has 0 aliphatic carbocycles. The maximum absolute atomic E-state index is 8.56. The van der Waals surface area contributed by atoms with Crippen LogP contribution >= 0.6 is 0 Å². The van der Waals surface area contributed by atoms with Gasteiger partial charge in [-0.05, 0) is 6.08 Å². The highest BCUT2D eigenvalue weighted by Crippen LogP contribution is 2.06. The molecular formula is C5H12N4O. The summed E-state index contributed by atoms with van der Waals surface area (Å²) in [4.78, 5) is 0. The molecule has 0 bridgehead atoms. The molecule has 5 heteroatoms. The van der Waals surface area contributed by atoms with Crippen LogP contribution in [0.2, 0.25) is 0 Å². The molecule has 1 aliphatic rings. The Labute approximate surface area is 59.4 Å². The van der Waals surface area contributed by atoms with E-state index in [9.17, 15) is 0 Å². The first-order chi connectivity index (χ1) is 4.75. The molecule has 0 radical (unpaired) electrons. The lowest BCUT2D eigenvalue weighted by Crippen LogP contribution is -2.45. The quantitative estimate of drug-likeness (QED) is 0.398. The fraction of sp³-hybridized carbons (Fsp3) is 0.600. The molecule has 5 N–H and O–H groups in total. The molecule has 0 saturated carbocycles. The average molecular weight is 144 g/mol. The molecule has 0 aromatic rings. The van der Waals surface area contributed by atoms with Crippen LogP contribution in [0.25, 0.3) is 0 Å². The third-order valence-electron chi connectivity index (χ3n) is 1.41. The van der Waals surface area contributed by atoms with Gasteiger partial charge in [0.1, 0.15) is 5.82 Å². The molecule has 0 amide bonds. The second-order valence-corrected chi connectivity index (χ2v) is 2.10. The first-order valence-electron chi connectivity index (χ1n) is 3.12. The maximum Gasteiger partial charge on any atom is 0.112 e. The summed E-state index contributed by atoms with van der Waals surface area (Å²) in [5, 5.41) is 11.6. The van der Waals surface area contributed by atoms with Crippen LogP contribution in [0, 0.1) is 0 Å². The van der Waals surface area contributed by atoms with E-state index < -0.39 is 0 Å². The molecule has 0 fully saturated rings. The van der Waals surface area contributed by atoms with Gasteiger partial charge in [0, 0.05) is 0 Å². The van der Waals surface area contributed by atoms with Gasteiger partial charge in [0.05, 0.1) is 19.7 Å². The fourth-order valence-electron chi connectivity index (χ4n) is 0.892. The Morgan fingerprint density at radius 1 is 1.70 bits per heavy atom. The standard InChI is InChI=1S/C5H12N4O/c6-5-1-2-9(7)8(5)3-4-10/h1,10H,2-4,6-7H2. The molecule has 0 spiro atoms. The van der Waals surface area contributed by atoms with Crippen molar-refractivity contribution >= 4 is 0 Å². The number of hydrazine groups is 2. The minimum absolute atomic E-state index is 0.0578. The third kappa shape index (κ3) is 1.21. The largest absolute Gasteiger partial charge is 0.394 e. The van der Waals surface area contributed by atoms with E-state index in [-0.39, 0.29) is 6.61 Å². The van der Waals surface area contributed by atoms with Gasteiger partial charge < -0.3 is 10.8 Å². The van der Waals surface area contributed by atoms with Crippen molar-refractivity contribution in [2.75, 3.05) is 19.7 Å². The summed E-state index contributed by atoms with van der Waals surface area (Å²) >= 11 is 0. The van der Waals surface area contributed by atoms with E-state index in [0.717, 1.165) is 0 Å². The summed E-state index contributed by atoms with van der Waals surface area (Å²) in [7, 11) is 0. The Morgan fingerprint density at radius 2 is 2.40 bits per heavy atom. The Hall–Kier alpha value is -0.780. The molecule has 10 heavy (non-hydrogen) atoms. The van der Waals surface area contributed by atoms with Gasteiger partial charge in [-0.1, -0.05) is 0 Å². The van der Waals surface area contributed by atoms with Crippen molar-refractivity contribution in [3.8, 4) is 0 Å². The van der Waals surface area contributed by atoms with Crippen molar-refractivity contribution in [1.82, 2.24) is 10.1 Å². The molecular weight excluding hydrogens is 132 g/mol. The Bertz CT molecular complexity index is 147. The van der Waals surface area contributed by atoms with Crippen molar-refractivity contribution in [3.05, 3.63) is 11.9 Å². The van der Waals surface area contributed by atoms with Gasteiger partial charge in [-0.2, -0.15) is 5.12 Å². The van der Waals surface area contributed by atoms with Gasteiger partial charge in [0.15, 0.2) is 0 Å². The van der Waals surface area contributed by atoms with E-state index >= 15 is 0 Å². The number of hydrogen-bond acceptors (Lipinski definition) is 5. The predicted molar refractivity (Wildman–Crippen MR) is 37.0 cm³/mol. The van der Waals surface area contributed by atoms with Gasteiger partial charge in [-0.15, -0.1) is 0 Å². The van der Waals surface area contributed by atoms with Gasteiger partial charge in [-0.25, -0.2) is 0 Å². The minimum Gasteiger partial charge on any atom is -0.394 e. The summed E-state index contributed by atoms with van der Waals surface area (Å²) in [6.07, 6.45) is 1.80. The van der Waals surface area contributed by atoms with Gasteiger partial charge in [0.2, 0.25) is 0 Å². The summed E-state index contributed by atoms with van der Waals surface area (Å²) < 4.78 is 0. The van der Waals surface area contributed by atoms with Crippen LogP contribution in [0.4, 0.5) is 0 Å². The Kier molecular flexibility index (Phi) is 2.10. The van der Waals surface area contributed by atoms with Crippen LogP contribution in [0.1, 0.15) is 0 Å². The summed E-state index contributed by atoms with van der Waals surface area (Å²) in [5.41, 5.74) is 5.51. The average Bonchev–Trinajstić information content (AvgIpc) is 2.20. The first kappa shape index (κ1) is 7.33. The molecule has 1 rings (SSSR count). The maximum atomic E-state index is 8.56. The van der Waals surface area contributed by atoms with Gasteiger partial charge in [-0.3, -0.25) is 10.9 Å². The second-order valence-electron chi connectivity index (χ2n) is 2.10. The molecule has 0 unspecified atom stereocenters. The summed E-state index contributed by atoms with van der Waals surface area (Å²) in [6, 6.07) is 0. The highest BCUT2D eigenvalue weighted by molar-refractivity contribution is 5.01. The van der Waals surface area contributed by atoms with Crippen LogP contribution in [0.15, 0.2) is 11.9 Å². The number of aliphatic hydroxyl groups is 1. The van der Waals surface area contributed by atoms with E-state index in [2.05, 4.69) is 0 Å². The van der Waals surface area contributed by atoms with Crippen molar-refractivity contribution in [2.24, 2.45) is 11.6 Å². The summed E-state index contributed by atoms with van der Waals surface area (Å²) in [5.74, 6) is 6.08. The fourth-order valence-corrected chi connectivity index (χ4v) is 0.892. The van der Waals surface area contributed by atoms with Crippen LogP contribution < -0.4 is 11.6 Å². The zero-order chi connectivity index (χ0) is 7.56. The highest BCUT2D eigenvalue weighted by Gasteiger charge is 2.16.